The minimum absolute atomic E-state index is 0.458. The maximum Gasteiger partial charge on any atom is 0.181 e. The van der Waals surface area contributed by atoms with Gasteiger partial charge in [0, 0.05) is 4.90 Å². The van der Waals surface area contributed by atoms with Crippen molar-refractivity contribution < 1.29 is 0 Å². The molecule has 0 radical (unpaired) electrons. The van der Waals surface area contributed by atoms with Gasteiger partial charge >= 0.3 is 0 Å². The highest BCUT2D eigenvalue weighted by Gasteiger charge is 2.11. The number of nitrogens with one attached hydrogen (secondary N) is 1. The Kier molecular flexibility index (Phi) is 2.78. The number of hydrogen-bond donors (Lipinski definition) is 2. The zero-order valence-electron chi connectivity index (χ0n) is 9.66. The van der Waals surface area contributed by atoms with E-state index in [1.165, 1.54) is 18.1 Å². The van der Waals surface area contributed by atoms with Gasteiger partial charge in [0.2, 0.25) is 0 Å². The fraction of sp³-hybridized carbons (Fsp3) is 0. The summed E-state index contributed by atoms with van der Waals surface area (Å²) >= 11 is 1.38. The molecule has 0 aliphatic rings. The lowest BCUT2D eigenvalue weighted by molar-refractivity contribution is 1.08. The Morgan fingerprint density at radius 1 is 1.26 bits per heavy atom. The summed E-state index contributed by atoms with van der Waals surface area (Å²) in [5.74, 6) is 0. The maximum atomic E-state index is 8.97. The number of imidazole rings is 1. The highest BCUT2D eigenvalue weighted by Crippen LogP contribution is 2.34. The molecule has 3 rings (SSSR count). The molecule has 0 saturated carbocycles. The topological polar surface area (TPSA) is 104 Å². The van der Waals surface area contributed by atoms with Crippen molar-refractivity contribution in [1.29, 1.82) is 5.26 Å². The molecule has 2 heterocycles. The Balaban J connectivity index is 2.07. The summed E-state index contributed by atoms with van der Waals surface area (Å²) in [6.45, 7) is 0. The standard InChI is InChI=1S/C12H8N6S/c13-4-7-2-1-3-8(9(7)14)19-12-10-11(16-5-15-10)17-6-18-12/h1-3,5-6H,14H2,(H,15,16,17,18). The number of hydrogen-bond acceptors (Lipinski definition) is 6. The van der Waals surface area contributed by atoms with Crippen LogP contribution in [0.5, 0.6) is 0 Å². The summed E-state index contributed by atoms with van der Waals surface area (Å²) < 4.78 is 0. The number of nitrogens with zero attached hydrogens (tertiary/aromatic N) is 4. The monoisotopic (exact) mass is 268 g/mol. The van der Waals surface area contributed by atoms with Gasteiger partial charge in [-0.1, -0.05) is 17.8 Å². The molecule has 0 atom stereocenters. The second-order valence-corrected chi connectivity index (χ2v) is 4.74. The molecule has 0 bridgehead atoms. The zero-order valence-corrected chi connectivity index (χ0v) is 10.5. The van der Waals surface area contributed by atoms with Gasteiger partial charge in [0.1, 0.15) is 22.9 Å². The lowest BCUT2D eigenvalue weighted by Crippen LogP contribution is -1.94. The average molecular weight is 268 g/mol. The third-order valence-corrected chi connectivity index (χ3v) is 3.66. The lowest BCUT2D eigenvalue weighted by Gasteiger charge is -2.06. The van der Waals surface area contributed by atoms with Crippen molar-refractivity contribution in [2.24, 2.45) is 0 Å². The van der Waals surface area contributed by atoms with Crippen LogP contribution in [0.3, 0.4) is 0 Å². The zero-order chi connectivity index (χ0) is 13.2. The van der Waals surface area contributed by atoms with Crippen molar-refractivity contribution in [3.63, 3.8) is 0 Å². The highest BCUT2D eigenvalue weighted by molar-refractivity contribution is 7.99. The van der Waals surface area contributed by atoms with Crippen molar-refractivity contribution in [2.45, 2.75) is 9.92 Å². The van der Waals surface area contributed by atoms with E-state index in [-0.39, 0.29) is 0 Å². The molecule has 2 aromatic heterocycles. The van der Waals surface area contributed by atoms with Crippen LogP contribution in [0.25, 0.3) is 11.2 Å². The number of anilines is 1. The van der Waals surface area contributed by atoms with Gasteiger partial charge in [0.25, 0.3) is 0 Å². The van der Waals surface area contributed by atoms with Crippen LogP contribution in [0.2, 0.25) is 0 Å². The van der Waals surface area contributed by atoms with Crippen LogP contribution in [0.1, 0.15) is 5.56 Å². The third-order valence-electron chi connectivity index (χ3n) is 2.58. The molecule has 1 aromatic carbocycles. The molecule has 7 heteroatoms. The van der Waals surface area contributed by atoms with Gasteiger partial charge in [-0.05, 0) is 12.1 Å². The number of aromatic amines is 1. The first-order valence-corrected chi connectivity index (χ1v) is 6.22. The minimum atomic E-state index is 0.458. The van der Waals surface area contributed by atoms with Crippen LogP contribution < -0.4 is 5.73 Å². The first kappa shape index (κ1) is 11.5. The molecule has 0 saturated heterocycles. The summed E-state index contributed by atoms with van der Waals surface area (Å²) in [6.07, 6.45) is 3.02. The summed E-state index contributed by atoms with van der Waals surface area (Å²) in [5.41, 5.74) is 8.23. The van der Waals surface area contributed by atoms with E-state index in [2.05, 4.69) is 26.0 Å². The maximum absolute atomic E-state index is 8.97. The fourth-order valence-corrected chi connectivity index (χ4v) is 2.58. The second-order valence-electron chi connectivity index (χ2n) is 3.71. The molecule has 0 fully saturated rings. The molecule has 92 valence electrons. The summed E-state index contributed by atoms with van der Waals surface area (Å²) in [7, 11) is 0. The van der Waals surface area contributed by atoms with Crippen LogP contribution in [0.15, 0.2) is 40.8 Å². The van der Waals surface area contributed by atoms with Gasteiger partial charge in [0.05, 0.1) is 17.6 Å². The van der Waals surface area contributed by atoms with Crippen molar-refractivity contribution >= 4 is 28.6 Å². The highest BCUT2D eigenvalue weighted by atomic mass is 32.2. The van der Waals surface area contributed by atoms with E-state index < -0.39 is 0 Å². The molecule has 0 spiro atoms. The van der Waals surface area contributed by atoms with Gasteiger partial charge in [-0.15, -0.1) is 0 Å². The SMILES string of the molecule is N#Cc1cccc(Sc2ncnc3nc[nH]c23)c1N. The summed E-state index contributed by atoms with van der Waals surface area (Å²) in [5, 5.41) is 9.69. The number of rotatable bonds is 2. The normalized spacial score (nSPS) is 10.5. The number of nitriles is 1. The molecule has 0 aliphatic carbocycles. The fourth-order valence-electron chi connectivity index (χ4n) is 1.65. The predicted octanol–water partition coefficient (Wildman–Crippen LogP) is 1.96. The van der Waals surface area contributed by atoms with Crippen molar-refractivity contribution in [2.75, 3.05) is 5.73 Å². The Morgan fingerprint density at radius 2 is 2.16 bits per heavy atom. The van der Waals surface area contributed by atoms with Crippen LogP contribution in [0.4, 0.5) is 5.69 Å². The molecule has 0 amide bonds. The molecular weight excluding hydrogens is 260 g/mol. The molecule has 19 heavy (non-hydrogen) atoms. The third kappa shape index (κ3) is 1.98. The smallest absolute Gasteiger partial charge is 0.181 e. The first-order chi connectivity index (χ1) is 9.29. The number of nitrogen functional groups attached to an aromatic ring is 1. The van der Waals surface area contributed by atoms with Gasteiger partial charge < -0.3 is 10.7 Å². The quantitative estimate of drug-likeness (QED) is 0.543. The Morgan fingerprint density at radius 3 is 3.00 bits per heavy atom. The Bertz CT molecular complexity index is 788. The van der Waals surface area contributed by atoms with Gasteiger partial charge in [-0.25, -0.2) is 15.0 Å². The van der Waals surface area contributed by atoms with Gasteiger partial charge in [-0.2, -0.15) is 5.26 Å². The van der Waals surface area contributed by atoms with Crippen LogP contribution in [-0.2, 0) is 0 Å². The number of aromatic nitrogens is 4. The molecular formula is C12H8N6S. The van der Waals surface area contributed by atoms with E-state index in [9.17, 15) is 0 Å². The minimum Gasteiger partial charge on any atom is -0.397 e. The Labute approximate surface area is 112 Å². The second kappa shape index (κ2) is 4.59. The molecule has 0 aliphatic heterocycles. The predicted molar refractivity (Wildman–Crippen MR) is 71.4 cm³/mol. The van der Waals surface area contributed by atoms with Crippen LogP contribution in [-0.4, -0.2) is 19.9 Å². The Hall–Kier alpha value is -2.59. The van der Waals surface area contributed by atoms with Crippen LogP contribution >= 0.6 is 11.8 Å². The number of benzene rings is 1. The average Bonchev–Trinajstić information content (AvgIpc) is 2.90. The van der Waals surface area contributed by atoms with Crippen molar-refractivity contribution in [3.05, 3.63) is 36.4 Å². The summed E-state index contributed by atoms with van der Waals surface area (Å²) in [4.78, 5) is 16.1. The summed E-state index contributed by atoms with van der Waals surface area (Å²) in [6, 6.07) is 7.39. The first-order valence-electron chi connectivity index (χ1n) is 5.40. The van der Waals surface area contributed by atoms with Crippen molar-refractivity contribution in [3.8, 4) is 6.07 Å². The lowest BCUT2D eigenvalue weighted by atomic mass is 10.2. The van der Waals surface area contributed by atoms with Crippen LogP contribution in [0, 0.1) is 11.3 Å². The van der Waals surface area contributed by atoms with E-state index >= 15 is 0 Å². The molecule has 3 N–H and O–H groups in total. The van der Waals surface area contributed by atoms with E-state index in [4.69, 9.17) is 11.0 Å². The van der Waals surface area contributed by atoms with E-state index in [1.54, 1.807) is 18.5 Å². The van der Waals surface area contributed by atoms with Gasteiger partial charge in [-0.3, -0.25) is 0 Å². The van der Waals surface area contributed by atoms with E-state index in [1.807, 2.05) is 6.07 Å². The molecule has 0 unspecified atom stereocenters. The number of H-pyrrole nitrogens is 1. The van der Waals surface area contributed by atoms with Crippen molar-refractivity contribution in [1.82, 2.24) is 19.9 Å². The molecule has 6 nitrogen and oxygen atoms in total. The number of fused-ring (bicyclic) bond motifs is 1. The molecule has 3 aromatic rings. The number of nitrogens with two attached hydrogens (primary N) is 1. The van der Waals surface area contributed by atoms with E-state index in [0.717, 1.165) is 15.4 Å². The van der Waals surface area contributed by atoms with Gasteiger partial charge in [0.15, 0.2) is 5.65 Å². The largest absolute Gasteiger partial charge is 0.397 e. The van der Waals surface area contributed by atoms with E-state index in [0.29, 0.717) is 16.9 Å². The number of para-hydroxylation sites is 1.